The third-order valence-electron chi connectivity index (χ3n) is 5.94. The van der Waals surface area contributed by atoms with Gasteiger partial charge in [0.1, 0.15) is 5.75 Å². The quantitative estimate of drug-likeness (QED) is 0.469. The van der Waals surface area contributed by atoms with Crippen molar-refractivity contribution < 1.29 is 14.3 Å². The van der Waals surface area contributed by atoms with E-state index < -0.39 is 0 Å². The van der Waals surface area contributed by atoms with Crippen LogP contribution in [0.25, 0.3) is 16.6 Å². The maximum Gasteiger partial charge on any atom is 0.320 e. The van der Waals surface area contributed by atoms with Gasteiger partial charge in [-0.25, -0.2) is 4.79 Å². The lowest BCUT2D eigenvalue weighted by Crippen LogP contribution is -2.47. The largest absolute Gasteiger partial charge is 0.497 e. The van der Waals surface area contributed by atoms with Crippen LogP contribution in [0.15, 0.2) is 48.5 Å². The minimum Gasteiger partial charge on any atom is -0.497 e. The van der Waals surface area contributed by atoms with Crippen LogP contribution in [0, 0.1) is 6.92 Å². The van der Waals surface area contributed by atoms with Crippen molar-refractivity contribution >= 4 is 22.6 Å². The average molecular weight is 447 g/mol. The van der Waals surface area contributed by atoms with E-state index >= 15 is 0 Å². The highest BCUT2D eigenvalue weighted by Crippen LogP contribution is 2.23. The number of tetrazole rings is 1. The molecule has 2 aromatic carbocycles. The van der Waals surface area contributed by atoms with Gasteiger partial charge in [-0.05, 0) is 53.2 Å². The molecule has 2 amide bonds. The molecule has 2 aromatic heterocycles. The first-order valence-electron chi connectivity index (χ1n) is 11.0. The molecule has 0 spiro atoms. The van der Waals surface area contributed by atoms with Crippen molar-refractivity contribution in [1.82, 2.24) is 29.8 Å². The van der Waals surface area contributed by atoms with E-state index in [0.29, 0.717) is 45.0 Å². The second-order valence-electron chi connectivity index (χ2n) is 8.23. The number of carbonyl (C=O) groups excluding carboxylic acids is 1. The summed E-state index contributed by atoms with van der Waals surface area (Å²) < 4.78 is 12.5. The number of aromatic nitrogens is 4. The number of fused-ring (bicyclic) bond motifs is 3. The molecule has 1 fully saturated rings. The second kappa shape index (κ2) is 9.03. The highest BCUT2D eigenvalue weighted by Gasteiger charge is 2.25. The van der Waals surface area contributed by atoms with Gasteiger partial charge in [-0.2, -0.15) is 4.52 Å². The Balaban J connectivity index is 1.52. The van der Waals surface area contributed by atoms with Gasteiger partial charge in [0, 0.05) is 30.6 Å². The number of hydrogen-bond donors (Lipinski definition) is 0. The molecule has 0 radical (unpaired) electrons. The zero-order chi connectivity index (χ0) is 22.8. The topological polar surface area (TPSA) is 85.1 Å². The van der Waals surface area contributed by atoms with Crippen molar-refractivity contribution in [2.45, 2.75) is 20.0 Å². The van der Waals surface area contributed by atoms with Crippen molar-refractivity contribution in [3.8, 4) is 5.75 Å². The predicted molar refractivity (Wildman–Crippen MR) is 123 cm³/mol. The van der Waals surface area contributed by atoms with Crippen molar-refractivity contribution in [2.75, 3.05) is 33.4 Å². The fourth-order valence-electron chi connectivity index (χ4n) is 4.20. The average Bonchev–Trinajstić information content (AvgIpc) is 3.34. The SMILES string of the molecule is COc1ccc(CN(Cc2cc3cc(C)ccc3n3nnnc23)C(=O)N2CCOCC2)cc1. The molecular formula is C24H26N6O3. The van der Waals surface area contributed by atoms with Gasteiger partial charge in [-0.15, -0.1) is 5.10 Å². The van der Waals surface area contributed by atoms with Gasteiger partial charge in [-0.1, -0.05) is 23.8 Å². The van der Waals surface area contributed by atoms with Gasteiger partial charge in [0.15, 0.2) is 5.65 Å². The van der Waals surface area contributed by atoms with Crippen molar-refractivity contribution in [3.05, 3.63) is 65.2 Å². The first kappa shape index (κ1) is 21.1. The summed E-state index contributed by atoms with van der Waals surface area (Å²) in [7, 11) is 1.64. The Kier molecular flexibility index (Phi) is 5.78. The lowest BCUT2D eigenvalue weighted by molar-refractivity contribution is 0.0419. The van der Waals surface area contributed by atoms with Crippen LogP contribution in [-0.2, 0) is 17.8 Å². The molecule has 170 valence electrons. The first-order chi connectivity index (χ1) is 16.1. The van der Waals surface area contributed by atoms with E-state index in [0.717, 1.165) is 33.3 Å². The van der Waals surface area contributed by atoms with E-state index in [1.54, 1.807) is 11.6 Å². The Morgan fingerprint density at radius 2 is 1.88 bits per heavy atom. The number of nitrogens with zero attached hydrogens (tertiary/aromatic N) is 6. The Bertz CT molecular complexity index is 1280. The van der Waals surface area contributed by atoms with E-state index in [4.69, 9.17) is 9.47 Å². The molecule has 9 nitrogen and oxygen atoms in total. The minimum atomic E-state index is -0.0240. The number of carbonyl (C=O) groups is 1. The Morgan fingerprint density at radius 1 is 1.09 bits per heavy atom. The number of methoxy groups -OCH3 is 1. The van der Waals surface area contributed by atoms with Crippen LogP contribution in [0.2, 0.25) is 0 Å². The van der Waals surface area contributed by atoms with Gasteiger partial charge in [-0.3, -0.25) is 0 Å². The molecule has 0 N–H and O–H groups in total. The summed E-state index contributed by atoms with van der Waals surface area (Å²) >= 11 is 0. The molecule has 33 heavy (non-hydrogen) atoms. The van der Waals surface area contributed by atoms with Crippen LogP contribution in [0.1, 0.15) is 16.7 Å². The fraction of sp³-hybridized carbons (Fsp3) is 0.333. The maximum atomic E-state index is 13.5. The van der Waals surface area contributed by atoms with E-state index in [9.17, 15) is 4.79 Å². The van der Waals surface area contributed by atoms with Crippen LogP contribution in [0.5, 0.6) is 5.75 Å². The van der Waals surface area contributed by atoms with E-state index in [2.05, 4.69) is 34.6 Å². The fourth-order valence-corrected chi connectivity index (χ4v) is 4.20. The molecule has 0 atom stereocenters. The molecular weight excluding hydrogens is 420 g/mol. The zero-order valence-electron chi connectivity index (χ0n) is 18.8. The predicted octanol–water partition coefficient (Wildman–Crippen LogP) is 3.05. The Labute approximate surface area is 191 Å². The molecule has 1 saturated heterocycles. The lowest BCUT2D eigenvalue weighted by Gasteiger charge is -2.33. The van der Waals surface area contributed by atoms with Gasteiger partial charge in [0.25, 0.3) is 0 Å². The number of ether oxygens (including phenoxy) is 2. The van der Waals surface area contributed by atoms with Crippen molar-refractivity contribution in [1.29, 1.82) is 0 Å². The summed E-state index contributed by atoms with van der Waals surface area (Å²) in [6.45, 7) is 5.16. The molecule has 0 saturated carbocycles. The van der Waals surface area contributed by atoms with Gasteiger partial charge < -0.3 is 19.3 Å². The second-order valence-corrected chi connectivity index (χ2v) is 8.23. The zero-order valence-corrected chi connectivity index (χ0v) is 18.8. The van der Waals surface area contributed by atoms with Crippen LogP contribution < -0.4 is 4.74 Å². The summed E-state index contributed by atoms with van der Waals surface area (Å²) in [6, 6.07) is 16.0. The molecule has 9 heteroatoms. The monoisotopic (exact) mass is 446 g/mol. The summed E-state index contributed by atoms with van der Waals surface area (Å²) in [5, 5.41) is 13.4. The molecule has 1 aliphatic rings. The molecule has 4 aromatic rings. The first-order valence-corrected chi connectivity index (χ1v) is 11.0. The highest BCUT2D eigenvalue weighted by molar-refractivity contribution is 5.84. The normalized spacial score (nSPS) is 14.1. The smallest absolute Gasteiger partial charge is 0.320 e. The molecule has 0 unspecified atom stereocenters. The van der Waals surface area contributed by atoms with E-state index in [1.165, 1.54) is 0 Å². The molecule has 0 bridgehead atoms. The molecule has 1 aliphatic heterocycles. The molecule has 3 heterocycles. The third kappa shape index (κ3) is 4.31. The van der Waals surface area contributed by atoms with Gasteiger partial charge >= 0.3 is 6.03 Å². The Hall–Kier alpha value is -3.72. The van der Waals surface area contributed by atoms with Crippen molar-refractivity contribution in [2.24, 2.45) is 0 Å². The maximum absolute atomic E-state index is 13.5. The third-order valence-corrected chi connectivity index (χ3v) is 5.94. The van der Waals surface area contributed by atoms with E-state index in [1.807, 2.05) is 46.2 Å². The van der Waals surface area contributed by atoms with Crippen LogP contribution in [-0.4, -0.2) is 69.3 Å². The standard InChI is InChI=1S/C24H26N6O3/c1-17-3-8-22-19(13-17)14-20(23-25-26-27-30(22)23)16-29(24(31)28-9-11-33-12-10-28)15-18-4-6-21(32-2)7-5-18/h3-8,13-14H,9-12,15-16H2,1-2H3. The summed E-state index contributed by atoms with van der Waals surface area (Å²) in [5.74, 6) is 0.783. The number of hydrogen-bond acceptors (Lipinski definition) is 6. The number of benzene rings is 2. The van der Waals surface area contributed by atoms with Crippen LogP contribution in [0.4, 0.5) is 4.79 Å². The molecule has 5 rings (SSSR count). The van der Waals surface area contributed by atoms with Crippen LogP contribution in [0.3, 0.4) is 0 Å². The summed E-state index contributed by atoms with van der Waals surface area (Å²) in [4.78, 5) is 17.2. The van der Waals surface area contributed by atoms with Gasteiger partial charge in [0.2, 0.25) is 0 Å². The number of rotatable bonds is 5. The Morgan fingerprint density at radius 3 is 2.64 bits per heavy atom. The number of pyridine rings is 1. The molecule has 0 aliphatic carbocycles. The minimum absolute atomic E-state index is 0.0240. The van der Waals surface area contributed by atoms with Gasteiger partial charge in [0.05, 0.1) is 32.4 Å². The van der Waals surface area contributed by atoms with Crippen LogP contribution >= 0.6 is 0 Å². The lowest BCUT2D eigenvalue weighted by atomic mass is 10.1. The van der Waals surface area contributed by atoms with Crippen molar-refractivity contribution in [3.63, 3.8) is 0 Å². The summed E-state index contributed by atoms with van der Waals surface area (Å²) in [6.07, 6.45) is 0. The summed E-state index contributed by atoms with van der Waals surface area (Å²) in [5.41, 5.74) is 4.66. The number of aryl methyl sites for hydroxylation is 1. The van der Waals surface area contributed by atoms with E-state index in [-0.39, 0.29) is 6.03 Å². The number of morpholine rings is 1. The number of urea groups is 1. The number of amides is 2. The highest BCUT2D eigenvalue weighted by atomic mass is 16.5.